The summed E-state index contributed by atoms with van der Waals surface area (Å²) in [5.41, 5.74) is 0. The van der Waals surface area contributed by atoms with Crippen molar-refractivity contribution in [1.82, 2.24) is 0 Å². The quantitative estimate of drug-likeness (QED) is 0.667. The lowest BCUT2D eigenvalue weighted by molar-refractivity contribution is -0.172. The molecule has 0 aliphatic heterocycles. The first kappa shape index (κ1) is 11.0. The van der Waals surface area contributed by atoms with Crippen LogP contribution in [0.15, 0.2) is 0 Å². The van der Waals surface area contributed by atoms with Gasteiger partial charge in [0.2, 0.25) is 0 Å². The van der Waals surface area contributed by atoms with Gasteiger partial charge in [0.25, 0.3) is 0 Å². The summed E-state index contributed by atoms with van der Waals surface area (Å²) in [7, 11) is 1.48. The molecule has 0 aromatic heterocycles. The Morgan fingerprint density at radius 2 is 1.61 bits per heavy atom. The Morgan fingerprint density at radius 3 is 2.17 bits per heavy atom. The molecule has 5 aliphatic rings. The number of ether oxygens (including phenoxy) is 1. The minimum Gasteiger partial charge on any atom is -0.469 e. The molecule has 5 rings (SSSR count). The zero-order chi connectivity index (χ0) is 12.4. The monoisotopic (exact) mass is 248 g/mol. The van der Waals surface area contributed by atoms with E-state index in [2.05, 4.69) is 0 Å². The minimum atomic E-state index is -0.0482. The van der Waals surface area contributed by atoms with Crippen molar-refractivity contribution in [2.75, 3.05) is 7.11 Å². The molecule has 3 unspecified atom stereocenters. The summed E-state index contributed by atoms with van der Waals surface area (Å²) in [6.07, 6.45) is 5.35. The summed E-state index contributed by atoms with van der Waals surface area (Å²) in [6.45, 7) is 0. The van der Waals surface area contributed by atoms with E-state index in [9.17, 15) is 9.59 Å². The van der Waals surface area contributed by atoms with Gasteiger partial charge in [-0.05, 0) is 55.8 Å². The van der Waals surface area contributed by atoms with E-state index in [-0.39, 0.29) is 23.7 Å². The van der Waals surface area contributed by atoms with Crippen LogP contribution in [-0.4, -0.2) is 18.9 Å². The number of carbonyl (C=O) groups excluding carboxylic acids is 2. The number of carbonyl (C=O) groups is 2. The molecular weight excluding hydrogens is 228 g/mol. The van der Waals surface area contributed by atoms with Gasteiger partial charge in [-0.1, -0.05) is 0 Å². The first-order chi connectivity index (χ1) is 8.69. The van der Waals surface area contributed by atoms with Crippen molar-refractivity contribution in [3.8, 4) is 0 Å². The molecular formula is C15H20O3. The number of hydrogen-bond acceptors (Lipinski definition) is 3. The molecule has 98 valence electrons. The molecule has 0 aromatic rings. The SMILES string of the molecule is COC(=O)C1C[C@@H]2C3CC4C[C@@H]2C(=O)[C@H](C4)[C@@H]3C1. The summed E-state index contributed by atoms with van der Waals surface area (Å²) in [4.78, 5) is 24.2. The lowest BCUT2D eigenvalue weighted by atomic mass is 9.43. The fourth-order valence-corrected chi connectivity index (χ4v) is 5.73. The molecule has 18 heavy (non-hydrogen) atoms. The van der Waals surface area contributed by atoms with Crippen LogP contribution >= 0.6 is 0 Å². The highest BCUT2D eigenvalue weighted by Crippen LogP contribution is 2.62. The molecule has 0 N–H and O–H groups in total. The van der Waals surface area contributed by atoms with E-state index < -0.39 is 0 Å². The van der Waals surface area contributed by atoms with Gasteiger partial charge in [0.1, 0.15) is 5.78 Å². The van der Waals surface area contributed by atoms with Crippen molar-refractivity contribution in [3.05, 3.63) is 0 Å². The van der Waals surface area contributed by atoms with Crippen molar-refractivity contribution in [1.29, 1.82) is 0 Å². The highest BCUT2D eigenvalue weighted by atomic mass is 16.5. The Labute approximate surface area is 107 Å². The van der Waals surface area contributed by atoms with Crippen molar-refractivity contribution in [2.24, 2.45) is 41.4 Å². The summed E-state index contributed by atoms with van der Waals surface area (Å²) in [5.74, 6) is 3.67. The fourth-order valence-electron chi connectivity index (χ4n) is 5.73. The maximum atomic E-state index is 12.4. The third-order valence-electron chi connectivity index (χ3n) is 6.29. The van der Waals surface area contributed by atoms with Gasteiger partial charge >= 0.3 is 5.97 Å². The first-order valence-electron chi connectivity index (χ1n) is 7.30. The molecule has 0 saturated heterocycles. The van der Waals surface area contributed by atoms with Crippen molar-refractivity contribution in [3.63, 3.8) is 0 Å². The molecule has 3 heteroatoms. The number of Topliss-reactive ketones (excluding diaryl/α,β-unsaturated/α-hetero) is 1. The largest absolute Gasteiger partial charge is 0.469 e. The normalized spacial score (nSPS) is 52.5. The summed E-state index contributed by atoms with van der Waals surface area (Å²) < 4.78 is 4.93. The van der Waals surface area contributed by atoms with Gasteiger partial charge < -0.3 is 4.74 Å². The third-order valence-corrected chi connectivity index (χ3v) is 6.29. The van der Waals surface area contributed by atoms with Crippen LogP contribution in [-0.2, 0) is 14.3 Å². The van der Waals surface area contributed by atoms with Gasteiger partial charge in [-0.15, -0.1) is 0 Å². The standard InChI is InChI=1S/C15H20O3/c1-18-15(17)8-5-10-9-2-7-3-12(10)14(16)13(4-7)11(9)6-8/h7-13H,2-6H2,1H3/t7?,8?,9?,10-,11-,12-,13+/m1/s1. The summed E-state index contributed by atoms with van der Waals surface area (Å²) in [6, 6.07) is 0. The van der Waals surface area contributed by atoms with E-state index in [0.717, 1.165) is 37.5 Å². The van der Waals surface area contributed by atoms with Crippen LogP contribution in [0.2, 0.25) is 0 Å². The van der Waals surface area contributed by atoms with Crippen LogP contribution < -0.4 is 0 Å². The second kappa shape index (κ2) is 3.58. The van der Waals surface area contributed by atoms with Gasteiger partial charge in [-0.3, -0.25) is 9.59 Å². The zero-order valence-electron chi connectivity index (χ0n) is 10.8. The Bertz CT molecular complexity index is 390. The molecule has 5 fully saturated rings. The Balaban J connectivity index is 1.68. The lowest BCUT2D eigenvalue weighted by Gasteiger charge is -2.60. The predicted octanol–water partition coefficient (Wildman–Crippen LogP) is 2.05. The second-order valence-electron chi connectivity index (χ2n) is 6.87. The van der Waals surface area contributed by atoms with Crippen LogP contribution in [0.3, 0.4) is 0 Å². The highest BCUT2D eigenvalue weighted by Gasteiger charge is 2.60. The molecule has 5 aliphatic carbocycles. The van der Waals surface area contributed by atoms with Crippen LogP contribution in [0.5, 0.6) is 0 Å². The number of hydrogen-bond donors (Lipinski definition) is 0. The maximum absolute atomic E-state index is 12.4. The van der Waals surface area contributed by atoms with Gasteiger partial charge in [0.15, 0.2) is 0 Å². The Kier molecular flexibility index (Phi) is 2.19. The van der Waals surface area contributed by atoms with Gasteiger partial charge in [-0.2, -0.15) is 0 Å². The highest BCUT2D eigenvalue weighted by molar-refractivity contribution is 5.87. The average Bonchev–Trinajstić information content (AvgIpc) is 2.41. The van der Waals surface area contributed by atoms with E-state index in [1.54, 1.807) is 0 Å². The van der Waals surface area contributed by atoms with E-state index in [1.807, 2.05) is 0 Å². The molecule has 0 amide bonds. The van der Waals surface area contributed by atoms with Gasteiger partial charge in [0.05, 0.1) is 13.0 Å². The summed E-state index contributed by atoms with van der Waals surface area (Å²) >= 11 is 0. The maximum Gasteiger partial charge on any atom is 0.308 e. The number of rotatable bonds is 1. The van der Waals surface area contributed by atoms with Crippen LogP contribution in [0.1, 0.15) is 32.1 Å². The molecule has 0 heterocycles. The van der Waals surface area contributed by atoms with Gasteiger partial charge in [-0.25, -0.2) is 0 Å². The van der Waals surface area contributed by atoms with Crippen LogP contribution in [0.25, 0.3) is 0 Å². The molecule has 0 aromatic carbocycles. The molecule has 0 spiro atoms. The zero-order valence-corrected chi connectivity index (χ0v) is 10.8. The van der Waals surface area contributed by atoms with Crippen molar-refractivity contribution < 1.29 is 14.3 Å². The minimum absolute atomic E-state index is 0.0482. The number of esters is 1. The summed E-state index contributed by atoms with van der Waals surface area (Å²) in [5, 5.41) is 0. The topological polar surface area (TPSA) is 43.4 Å². The molecule has 3 nitrogen and oxygen atoms in total. The molecule has 6 bridgehead atoms. The molecule has 5 saturated carbocycles. The molecule has 0 radical (unpaired) electrons. The van der Waals surface area contributed by atoms with Crippen LogP contribution in [0.4, 0.5) is 0 Å². The smallest absolute Gasteiger partial charge is 0.308 e. The average molecular weight is 248 g/mol. The third kappa shape index (κ3) is 1.25. The van der Waals surface area contributed by atoms with Crippen LogP contribution in [0, 0.1) is 41.4 Å². The second-order valence-corrected chi connectivity index (χ2v) is 6.87. The Hall–Kier alpha value is -0.860. The number of methoxy groups -OCH3 is 1. The van der Waals surface area contributed by atoms with E-state index >= 15 is 0 Å². The first-order valence-corrected chi connectivity index (χ1v) is 7.30. The van der Waals surface area contributed by atoms with E-state index in [1.165, 1.54) is 13.5 Å². The number of ketones is 1. The molecule has 7 atom stereocenters. The van der Waals surface area contributed by atoms with Crippen molar-refractivity contribution >= 4 is 11.8 Å². The Morgan fingerprint density at radius 1 is 1.00 bits per heavy atom. The van der Waals surface area contributed by atoms with E-state index in [4.69, 9.17) is 4.74 Å². The fraction of sp³-hybridized carbons (Fsp3) is 0.867. The van der Waals surface area contributed by atoms with E-state index in [0.29, 0.717) is 17.6 Å². The van der Waals surface area contributed by atoms with Crippen molar-refractivity contribution in [2.45, 2.75) is 32.1 Å². The predicted molar refractivity (Wildman–Crippen MR) is 64.5 cm³/mol. The lowest BCUT2D eigenvalue weighted by Crippen LogP contribution is -2.59. The van der Waals surface area contributed by atoms with Gasteiger partial charge in [0, 0.05) is 11.8 Å².